The third-order valence-corrected chi connectivity index (χ3v) is 3.74. The SMILES string of the molecule is CC(N)C(c1ccco1)N(C)C(C)c1ccccc1F. The lowest BCUT2D eigenvalue weighted by molar-refractivity contribution is 0.143. The molecule has 108 valence electrons. The average molecular weight is 276 g/mol. The zero-order valence-corrected chi connectivity index (χ0v) is 12.1. The van der Waals surface area contributed by atoms with Crippen LogP contribution in [0.4, 0.5) is 4.39 Å². The lowest BCUT2D eigenvalue weighted by Crippen LogP contribution is -2.38. The third-order valence-electron chi connectivity index (χ3n) is 3.74. The molecule has 0 amide bonds. The average Bonchev–Trinajstić information content (AvgIpc) is 2.92. The van der Waals surface area contributed by atoms with Crippen LogP contribution in [0.3, 0.4) is 0 Å². The summed E-state index contributed by atoms with van der Waals surface area (Å²) >= 11 is 0. The molecule has 2 N–H and O–H groups in total. The highest BCUT2D eigenvalue weighted by Crippen LogP contribution is 2.31. The molecule has 0 radical (unpaired) electrons. The van der Waals surface area contributed by atoms with Crippen molar-refractivity contribution in [1.29, 1.82) is 0 Å². The Bertz CT molecular complexity index is 539. The summed E-state index contributed by atoms with van der Waals surface area (Å²) < 4.78 is 19.4. The molecule has 0 spiro atoms. The molecule has 1 aromatic carbocycles. The molecule has 1 aromatic heterocycles. The zero-order chi connectivity index (χ0) is 14.7. The Balaban J connectivity index is 2.28. The first-order valence-corrected chi connectivity index (χ1v) is 6.77. The highest BCUT2D eigenvalue weighted by molar-refractivity contribution is 5.21. The van der Waals surface area contributed by atoms with Gasteiger partial charge in [0.1, 0.15) is 11.6 Å². The van der Waals surface area contributed by atoms with Crippen molar-refractivity contribution in [1.82, 2.24) is 4.90 Å². The number of benzene rings is 1. The quantitative estimate of drug-likeness (QED) is 0.908. The van der Waals surface area contributed by atoms with Crippen LogP contribution in [0.5, 0.6) is 0 Å². The molecule has 4 heteroatoms. The predicted molar refractivity (Wildman–Crippen MR) is 77.7 cm³/mol. The molecular formula is C16H21FN2O. The van der Waals surface area contributed by atoms with E-state index in [1.165, 1.54) is 6.07 Å². The van der Waals surface area contributed by atoms with Gasteiger partial charge in [-0.05, 0) is 39.1 Å². The van der Waals surface area contributed by atoms with Crippen molar-refractivity contribution in [2.24, 2.45) is 5.73 Å². The summed E-state index contributed by atoms with van der Waals surface area (Å²) in [5.41, 5.74) is 6.75. The van der Waals surface area contributed by atoms with Crippen LogP contribution < -0.4 is 5.73 Å². The van der Waals surface area contributed by atoms with Crippen LogP contribution in [-0.2, 0) is 0 Å². The molecule has 0 saturated heterocycles. The number of halogens is 1. The van der Waals surface area contributed by atoms with E-state index in [0.29, 0.717) is 5.56 Å². The molecule has 3 unspecified atom stereocenters. The normalized spacial score (nSPS) is 16.1. The molecule has 0 fully saturated rings. The maximum Gasteiger partial charge on any atom is 0.127 e. The number of hydrogen-bond acceptors (Lipinski definition) is 3. The highest BCUT2D eigenvalue weighted by Gasteiger charge is 2.28. The lowest BCUT2D eigenvalue weighted by atomic mass is 10.0. The van der Waals surface area contributed by atoms with Gasteiger partial charge in [0.25, 0.3) is 0 Å². The van der Waals surface area contributed by atoms with E-state index in [-0.39, 0.29) is 23.9 Å². The molecule has 2 aromatic rings. The Hall–Kier alpha value is -1.65. The van der Waals surface area contributed by atoms with Crippen molar-refractivity contribution in [3.05, 3.63) is 59.8 Å². The van der Waals surface area contributed by atoms with Crippen LogP contribution >= 0.6 is 0 Å². The van der Waals surface area contributed by atoms with Gasteiger partial charge in [-0.3, -0.25) is 4.90 Å². The zero-order valence-electron chi connectivity index (χ0n) is 12.1. The van der Waals surface area contributed by atoms with Crippen LogP contribution in [0.15, 0.2) is 47.1 Å². The molecule has 0 saturated carbocycles. The van der Waals surface area contributed by atoms with Gasteiger partial charge in [-0.2, -0.15) is 0 Å². The number of rotatable bonds is 5. The van der Waals surface area contributed by atoms with E-state index in [4.69, 9.17) is 10.2 Å². The monoisotopic (exact) mass is 276 g/mol. The fourth-order valence-corrected chi connectivity index (χ4v) is 2.56. The van der Waals surface area contributed by atoms with Gasteiger partial charge in [-0.1, -0.05) is 18.2 Å². The van der Waals surface area contributed by atoms with Crippen LogP contribution in [-0.4, -0.2) is 18.0 Å². The first kappa shape index (κ1) is 14.8. The summed E-state index contributed by atoms with van der Waals surface area (Å²) in [6, 6.07) is 10.2. The molecule has 20 heavy (non-hydrogen) atoms. The second kappa shape index (κ2) is 6.20. The van der Waals surface area contributed by atoms with E-state index in [1.807, 2.05) is 44.0 Å². The molecule has 0 aliphatic rings. The van der Waals surface area contributed by atoms with E-state index < -0.39 is 0 Å². The van der Waals surface area contributed by atoms with Crippen LogP contribution in [0.25, 0.3) is 0 Å². The lowest BCUT2D eigenvalue weighted by Gasteiger charge is -2.34. The number of hydrogen-bond donors (Lipinski definition) is 1. The molecule has 0 bridgehead atoms. The molecule has 1 heterocycles. The second-order valence-corrected chi connectivity index (χ2v) is 5.18. The standard InChI is InChI=1S/C16H21FN2O/c1-11(18)16(15-9-6-10-20-15)19(3)12(2)13-7-4-5-8-14(13)17/h4-12,16H,18H2,1-3H3. The Morgan fingerprint density at radius 1 is 1.15 bits per heavy atom. The van der Waals surface area contributed by atoms with Gasteiger partial charge >= 0.3 is 0 Å². The topological polar surface area (TPSA) is 42.4 Å². The van der Waals surface area contributed by atoms with E-state index in [9.17, 15) is 4.39 Å². The van der Waals surface area contributed by atoms with Crippen molar-refractivity contribution in [2.45, 2.75) is 32.0 Å². The van der Waals surface area contributed by atoms with Gasteiger partial charge in [-0.25, -0.2) is 4.39 Å². The molecule has 2 rings (SSSR count). The number of nitrogens with zero attached hydrogens (tertiary/aromatic N) is 1. The summed E-state index contributed by atoms with van der Waals surface area (Å²) in [7, 11) is 1.94. The van der Waals surface area contributed by atoms with Crippen LogP contribution in [0.1, 0.15) is 37.3 Å². The molecule has 3 nitrogen and oxygen atoms in total. The maximum atomic E-state index is 13.9. The number of furan rings is 1. The minimum atomic E-state index is -0.199. The molecular weight excluding hydrogens is 255 g/mol. The van der Waals surface area contributed by atoms with Crippen molar-refractivity contribution < 1.29 is 8.81 Å². The first-order valence-electron chi connectivity index (χ1n) is 6.77. The van der Waals surface area contributed by atoms with Gasteiger partial charge in [0.2, 0.25) is 0 Å². The van der Waals surface area contributed by atoms with Crippen molar-refractivity contribution in [3.8, 4) is 0 Å². The summed E-state index contributed by atoms with van der Waals surface area (Å²) in [5, 5.41) is 0. The van der Waals surface area contributed by atoms with E-state index in [2.05, 4.69) is 0 Å². The Morgan fingerprint density at radius 3 is 2.40 bits per heavy atom. The smallest absolute Gasteiger partial charge is 0.127 e. The third kappa shape index (κ3) is 2.92. The van der Waals surface area contributed by atoms with Crippen molar-refractivity contribution in [2.75, 3.05) is 7.05 Å². The van der Waals surface area contributed by atoms with Gasteiger partial charge in [0.05, 0.1) is 12.3 Å². The summed E-state index contributed by atoms with van der Waals surface area (Å²) in [5.74, 6) is 0.598. The Labute approximate surface area is 119 Å². The molecule has 3 atom stereocenters. The molecule has 0 aliphatic carbocycles. The van der Waals surface area contributed by atoms with Crippen LogP contribution in [0.2, 0.25) is 0 Å². The highest BCUT2D eigenvalue weighted by atomic mass is 19.1. The minimum absolute atomic E-state index is 0.0976. The van der Waals surface area contributed by atoms with Crippen molar-refractivity contribution >= 4 is 0 Å². The summed E-state index contributed by atoms with van der Waals surface area (Å²) in [6.45, 7) is 3.90. The van der Waals surface area contributed by atoms with Gasteiger partial charge in [0, 0.05) is 17.6 Å². The van der Waals surface area contributed by atoms with Gasteiger partial charge in [0.15, 0.2) is 0 Å². The number of likely N-dealkylation sites (N-methyl/N-ethyl adjacent to an activating group) is 1. The minimum Gasteiger partial charge on any atom is -0.468 e. The van der Waals surface area contributed by atoms with Crippen LogP contribution in [0, 0.1) is 5.82 Å². The molecule has 0 aliphatic heterocycles. The largest absolute Gasteiger partial charge is 0.468 e. The summed E-state index contributed by atoms with van der Waals surface area (Å²) in [6.07, 6.45) is 1.63. The fourth-order valence-electron chi connectivity index (χ4n) is 2.56. The number of nitrogens with two attached hydrogens (primary N) is 1. The van der Waals surface area contributed by atoms with Crippen molar-refractivity contribution in [3.63, 3.8) is 0 Å². The predicted octanol–water partition coefficient (Wildman–Crippen LogP) is 3.50. The Morgan fingerprint density at radius 2 is 1.85 bits per heavy atom. The summed E-state index contributed by atoms with van der Waals surface area (Å²) in [4.78, 5) is 2.04. The Kier molecular flexibility index (Phi) is 4.57. The van der Waals surface area contributed by atoms with Gasteiger partial charge in [-0.15, -0.1) is 0 Å². The second-order valence-electron chi connectivity index (χ2n) is 5.18. The first-order chi connectivity index (χ1) is 9.52. The van der Waals surface area contributed by atoms with E-state index in [1.54, 1.807) is 18.4 Å². The van der Waals surface area contributed by atoms with E-state index >= 15 is 0 Å². The van der Waals surface area contributed by atoms with E-state index in [0.717, 1.165) is 5.76 Å². The maximum absolute atomic E-state index is 13.9. The fraction of sp³-hybridized carbons (Fsp3) is 0.375. The van der Waals surface area contributed by atoms with Gasteiger partial charge < -0.3 is 10.2 Å².